The monoisotopic (exact) mass is 336 g/mol. The molecule has 0 fully saturated rings. The lowest BCUT2D eigenvalue weighted by Crippen LogP contribution is -2.22. The van der Waals surface area contributed by atoms with Gasteiger partial charge in [-0.2, -0.15) is 0 Å². The maximum Gasteiger partial charge on any atom is 0.201 e. The van der Waals surface area contributed by atoms with Gasteiger partial charge in [-0.1, -0.05) is 12.6 Å². The van der Waals surface area contributed by atoms with Gasteiger partial charge in [0.05, 0.1) is 33.0 Å². The van der Waals surface area contributed by atoms with Crippen molar-refractivity contribution in [1.29, 1.82) is 0 Å². The zero-order valence-corrected chi connectivity index (χ0v) is 14.0. The molecule has 0 amide bonds. The minimum atomic E-state index is 0.576. The standard InChI is InChI=1S/C18H16N4OS/c1-11-3-5-14(23-11)9-19-18-21-12(2)16(22-18)7-13-4-6-15-17(8-13)24-10-20-15/h3-8,10H,2,9H2,1H3,(H2,19,21,22)/b16-7-. The highest BCUT2D eigenvalue weighted by Gasteiger charge is 2.02. The number of rotatable bonds is 4. The molecular formula is C18H16N4OS. The number of nitrogens with one attached hydrogen (secondary N) is 2. The predicted molar refractivity (Wildman–Crippen MR) is 97.3 cm³/mol. The molecule has 0 aliphatic heterocycles. The summed E-state index contributed by atoms with van der Waals surface area (Å²) >= 11 is 1.63. The van der Waals surface area contributed by atoms with Gasteiger partial charge >= 0.3 is 0 Å². The Morgan fingerprint density at radius 3 is 3.08 bits per heavy atom. The first-order chi connectivity index (χ1) is 11.7. The lowest BCUT2D eigenvalue weighted by molar-refractivity contribution is 0.490. The van der Waals surface area contributed by atoms with Crippen LogP contribution in [0.1, 0.15) is 17.1 Å². The van der Waals surface area contributed by atoms with Crippen molar-refractivity contribution in [1.82, 2.24) is 15.0 Å². The zero-order chi connectivity index (χ0) is 16.5. The highest BCUT2D eigenvalue weighted by molar-refractivity contribution is 7.16. The van der Waals surface area contributed by atoms with Crippen molar-refractivity contribution < 1.29 is 4.42 Å². The molecule has 0 unspecified atom stereocenters. The Morgan fingerprint density at radius 1 is 1.33 bits per heavy atom. The first-order valence-electron chi connectivity index (χ1n) is 7.56. The average Bonchev–Trinajstić information content (AvgIpc) is 3.26. The van der Waals surface area contributed by atoms with Gasteiger partial charge in [0.25, 0.3) is 0 Å². The summed E-state index contributed by atoms with van der Waals surface area (Å²) in [5.41, 5.74) is 3.95. The fraction of sp³-hybridized carbons (Fsp3) is 0.111. The van der Waals surface area contributed by atoms with Crippen molar-refractivity contribution in [2.75, 3.05) is 5.32 Å². The summed E-state index contributed by atoms with van der Waals surface area (Å²) in [6.45, 7) is 6.53. The second-order valence-corrected chi connectivity index (χ2v) is 6.43. The largest absolute Gasteiger partial charge is 0.465 e. The molecule has 0 aliphatic carbocycles. The lowest BCUT2D eigenvalue weighted by atomic mass is 10.2. The molecule has 5 nitrogen and oxygen atoms in total. The van der Waals surface area contributed by atoms with Crippen LogP contribution in [0.5, 0.6) is 0 Å². The summed E-state index contributed by atoms with van der Waals surface area (Å²) in [4.78, 5) is 12.0. The third-order valence-electron chi connectivity index (χ3n) is 3.70. The summed E-state index contributed by atoms with van der Waals surface area (Å²) in [5.74, 6) is 2.45. The first kappa shape index (κ1) is 14.7. The van der Waals surface area contributed by atoms with Crippen LogP contribution in [0.4, 0.5) is 5.95 Å². The van der Waals surface area contributed by atoms with Crippen molar-refractivity contribution in [3.05, 3.63) is 63.6 Å². The quantitative estimate of drug-likeness (QED) is 0.601. The van der Waals surface area contributed by atoms with Gasteiger partial charge in [0, 0.05) is 0 Å². The third-order valence-corrected chi connectivity index (χ3v) is 4.49. The van der Waals surface area contributed by atoms with E-state index >= 15 is 0 Å². The van der Waals surface area contributed by atoms with Crippen LogP contribution >= 0.6 is 11.3 Å². The number of anilines is 1. The molecular weight excluding hydrogens is 320 g/mol. The van der Waals surface area contributed by atoms with Crippen molar-refractivity contribution in [3.8, 4) is 0 Å². The molecule has 3 heterocycles. The molecule has 6 heteroatoms. The molecule has 2 N–H and O–H groups in total. The summed E-state index contributed by atoms with van der Waals surface area (Å²) < 4.78 is 6.70. The van der Waals surface area contributed by atoms with E-state index in [1.54, 1.807) is 11.3 Å². The summed E-state index contributed by atoms with van der Waals surface area (Å²) in [5, 5.41) is 4.81. The number of aromatic amines is 1. The normalized spacial score (nSPS) is 12.1. The van der Waals surface area contributed by atoms with E-state index in [-0.39, 0.29) is 0 Å². The van der Waals surface area contributed by atoms with E-state index in [1.165, 1.54) is 0 Å². The van der Waals surface area contributed by atoms with Gasteiger partial charge in [0.2, 0.25) is 5.95 Å². The Kier molecular flexibility index (Phi) is 3.66. The van der Waals surface area contributed by atoms with Crippen molar-refractivity contribution in [3.63, 3.8) is 0 Å². The van der Waals surface area contributed by atoms with Crippen LogP contribution in [-0.4, -0.2) is 15.0 Å². The molecule has 0 spiro atoms. The molecule has 24 heavy (non-hydrogen) atoms. The lowest BCUT2D eigenvalue weighted by Gasteiger charge is -1.98. The smallest absolute Gasteiger partial charge is 0.201 e. The minimum Gasteiger partial charge on any atom is -0.465 e. The molecule has 0 bridgehead atoms. The Morgan fingerprint density at radius 2 is 2.25 bits per heavy atom. The number of thiazole rings is 1. The Bertz CT molecular complexity index is 1110. The molecule has 4 rings (SSSR count). The number of hydrogen-bond acceptors (Lipinski definition) is 5. The predicted octanol–water partition coefficient (Wildman–Crippen LogP) is 2.77. The molecule has 0 radical (unpaired) electrons. The van der Waals surface area contributed by atoms with Crippen molar-refractivity contribution >= 4 is 40.2 Å². The Hall–Kier alpha value is -2.86. The van der Waals surface area contributed by atoms with Crippen LogP contribution in [0.25, 0.3) is 22.9 Å². The first-order valence-corrected chi connectivity index (χ1v) is 8.44. The Labute approximate surface area is 142 Å². The van der Waals surface area contributed by atoms with Crippen LogP contribution < -0.4 is 16.0 Å². The van der Waals surface area contributed by atoms with Gasteiger partial charge in [0.1, 0.15) is 11.5 Å². The molecule has 0 aliphatic rings. The molecule has 0 saturated carbocycles. The molecule has 1 aromatic carbocycles. The summed E-state index contributed by atoms with van der Waals surface area (Å²) in [6.07, 6.45) is 2.01. The number of H-pyrrole nitrogens is 1. The number of benzene rings is 1. The van der Waals surface area contributed by atoms with Gasteiger partial charge in [0.15, 0.2) is 0 Å². The molecule has 0 saturated heterocycles. The number of aromatic nitrogens is 3. The zero-order valence-electron chi connectivity index (χ0n) is 13.2. The van der Waals surface area contributed by atoms with E-state index in [0.717, 1.165) is 38.0 Å². The summed E-state index contributed by atoms with van der Waals surface area (Å²) in [6, 6.07) is 10.1. The summed E-state index contributed by atoms with van der Waals surface area (Å²) in [7, 11) is 0. The number of aryl methyl sites for hydroxylation is 1. The van der Waals surface area contributed by atoms with Crippen LogP contribution in [0.15, 0.2) is 40.3 Å². The average molecular weight is 336 g/mol. The van der Waals surface area contributed by atoms with E-state index in [2.05, 4.69) is 32.9 Å². The van der Waals surface area contributed by atoms with E-state index in [1.807, 2.05) is 42.8 Å². The molecule has 4 aromatic rings. The van der Waals surface area contributed by atoms with Gasteiger partial charge in [-0.25, -0.2) is 9.97 Å². The molecule has 120 valence electrons. The van der Waals surface area contributed by atoms with Gasteiger partial charge in [-0.3, -0.25) is 0 Å². The van der Waals surface area contributed by atoms with Gasteiger partial charge < -0.3 is 14.7 Å². The maximum atomic E-state index is 5.54. The minimum absolute atomic E-state index is 0.576. The number of fused-ring (bicyclic) bond motifs is 1. The van der Waals surface area contributed by atoms with Crippen LogP contribution in [0, 0.1) is 6.92 Å². The van der Waals surface area contributed by atoms with E-state index < -0.39 is 0 Å². The molecule has 0 atom stereocenters. The fourth-order valence-corrected chi connectivity index (χ4v) is 3.22. The molecule has 3 aromatic heterocycles. The van der Waals surface area contributed by atoms with Gasteiger partial charge in [-0.05, 0) is 42.8 Å². The van der Waals surface area contributed by atoms with Crippen LogP contribution in [-0.2, 0) is 6.54 Å². The van der Waals surface area contributed by atoms with Crippen LogP contribution in [0.2, 0.25) is 0 Å². The second kappa shape index (κ2) is 5.98. The maximum absolute atomic E-state index is 5.54. The topological polar surface area (TPSA) is 66.7 Å². The Balaban J connectivity index is 1.59. The van der Waals surface area contributed by atoms with Crippen molar-refractivity contribution in [2.45, 2.75) is 13.5 Å². The number of furan rings is 1. The number of nitrogens with zero attached hydrogens (tertiary/aromatic N) is 2. The van der Waals surface area contributed by atoms with E-state index in [4.69, 9.17) is 4.42 Å². The SMILES string of the molecule is C=c1[nH]c(NCc2ccc(C)o2)n/c1=C\c1ccc2ncsc2c1. The number of imidazole rings is 1. The van der Waals surface area contributed by atoms with Crippen molar-refractivity contribution in [2.24, 2.45) is 0 Å². The second-order valence-electron chi connectivity index (χ2n) is 5.54. The highest BCUT2D eigenvalue weighted by atomic mass is 32.1. The third kappa shape index (κ3) is 2.96. The van der Waals surface area contributed by atoms with E-state index in [9.17, 15) is 0 Å². The number of hydrogen-bond donors (Lipinski definition) is 2. The van der Waals surface area contributed by atoms with E-state index in [0.29, 0.717) is 12.5 Å². The van der Waals surface area contributed by atoms with Crippen LogP contribution in [0.3, 0.4) is 0 Å². The highest BCUT2D eigenvalue weighted by Crippen LogP contribution is 2.19. The fourth-order valence-electron chi connectivity index (χ4n) is 2.50. The van der Waals surface area contributed by atoms with Gasteiger partial charge in [-0.15, -0.1) is 11.3 Å².